The Kier molecular flexibility index (Phi) is 12.5. The zero-order valence-electron chi connectivity index (χ0n) is 23.8. The Morgan fingerprint density at radius 2 is 1.76 bits per heavy atom. The highest BCUT2D eigenvalue weighted by Crippen LogP contribution is 2.29. The second-order valence-corrected chi connectivity index (χ2v) is 10.4. The summed E-state index contributed by atoms with van der Waals surface area (Å²) < 4.78 is 41.0. The van der Waals surface area contributed by atoms with Gasteiger partial charge in [0.2, 0.25) is 5.91 Å². The average molecular weight is 578 g/mol. The molecule has 10 nitrogen and oxygen atoms in total. The number of hydrogen-bond acceptors (Lipinski definition) is 8. The van der Waals surface area contributed by atoms with Crippen LogP contribution in [-0.4, -0.2) is 60.4 Å². The fraction of sp³-hybridized carbons (Fsp3) is 0.464. The fourth-order valence-electron chi connectivity index (χ4n) is 3.92. The Hall–Kier alpha value is -3.71. The summed E-state index contributed by atoms with van der Waals surface area (Å²) in [5, 5.41) is 24.5. The minimum atomic E-state index is -2.71. The predicted octanol–water partition coefficient (Wildman–Crippen LogP) is 3.66. The summed E-state index contributed by atoms with van der Waals surface area (Å²) in [6.07, 6.45) is -3.71. The standard InChI is InChI=1S/C28H37BF2N2O8/c1-6-39-26(35)15-22(33-27(36)41-28(3,4)5)18-8-7-9-20(13-18)32-25(34)12-17(2)21-14-19(29(37)38)10-11-23(21)40-16-24(30)31/h7-11,13-14,17,22,24,37-38H,6,12,15-16H2,1-5H3,(H,32,34)(H,33,36)/t17?,22-/m1/s1. The van der Waals surface area contributed by atoms with Crippen molar-refractivity contribution in [3.8, 4) is 5.75 Å². The van der Waals surface area contributed by atoms with Crippen LogP contribution in [0.3, 0.4) is 0 Å². The number of ether oxygens (including phenoxy) is 3. The van der Waals surface area contributed by atoms with Gasteiger partial charge in [0.05, 0.1) is 19.1 Å². The lowest BCUT2D eigenvalue weighted by Crippen LogP contribution is -2.36. The number of alkyl halides is 2. The van der Waals surface area contributed by atoms with Gasteiger partial charge in [0, 0.05) is 12.1 Å². The van der Waals surface area contributed by atoms with E-state index >= 15 is 0 Å². The van der Waals surface area contributed by atoms with E-state index in [9.17, 15) is 33.2 Å². The van der Waals surface area contributed by atoms with Gasteiger partial charge in [0.15, 0.2) is 0 Å². The fourth-order valence-corrected chi connectivity index (χ4v) is 3.92. The van der Waals surface area contributed by atoms with Gasteiger partial charge in [0.1, 0.15) is 18.0 Å². The SMILES string of the molecule is CCOC(=O)C[C@@H](NC(=O)OC(C)(C)C)c1cccc(NC(=O)CC(C)c2cc(B(O)O)ccc2OCC(F)F)c1. The van der Waals surface area contributed by atoms with Gasteiger partial charge in [-0.3, -0.25) is 9.59 Å². The summed E-state index contributed by atoms with van der Waals surface area (Å²) in [5.74, 6) is -1.40. The van der Waals surface area contributed by atoms with E-state index < -0.39 is 55.7 Å². The van der Waals surface area contributed by atoms with E-state index in [1.807, 2.05) is 0 Å². The lowest BCUT2D eigenvalue weighted by Gasteiger charge is -2.24. The number of rotatable bonds is 13. The van der Waals surface area contributed by atoms with E-state index in [4.69, 9.17) is 14.2 Å². The number of nitrogens with one attached hydrogen (secondary N) is 2. The summed E-state index contributed by atoms with van der Waals surface area (Å²) in [7, 11) is -1.79. The van der Waals surface area contributed by atoms with Crippen molar-refractivity contribution in [2.75, 3.05) is 18.5 Å². The van der Waals surface area contributed by atoms with Crippen molar-refractivity contribution in [2.24, 2.45) is 0 Å². The van der Waals surface area contributed by atoms with E-state index in [0.717, 1.165) is 0 Å². The van der Waals surface area contributed by atoms with Crippen LogP contribution in [0.5, 0.6) is 5.75 Å². The molecule has 0 aliphatic heterocycles. The maximum atomic E-state index is 12.9. The third kappa shape index (κ3) is 11.7. The van der Waals surface area contributed by atoms with E-state index in [0.29, 0.717) is 16.8 Å². The van der Waals surface area contributed by atoms with Crippen LogP contribution in [-0.2, 0) is 19.1 Å². The Balaban J connectivity index is 2.21. The van der Waals surface area contributed by atoms with Crippen LogP contribution in [0.15, 0.2) is 42.5 Å². The molecular formula is C28H37BF2N2O8. The number of alkyl carbamates (subject to hydrolysis) is 1. The Bertz CT molecular complexity index is 1190. The molecule has 2 rings (SSSR count). The number of carbonyl (C=O) groups is 3. The van der Waals surface area contributed by atoms with Crippen LogP contribution in [0.25, 0.3) is 0 Å². The van der Waals surface area contributed by atoms with Gasteiger partial charge in [0.25, 0.3) is 6.43 Å². The van der Waals surface area contributed by atoms with Crippen molar-refractivity contribution in [3.63, 3.8) is 0 Å². The smallest absolute Gasteiger partial charge is 0.487 e. The van der Waals surface area contributed by atoms with Crippen LogP contribution in [0.2, 0.25) is 0 Å². The highest BCUT2D eigenvalue weighted by atomic mass is 19.3. The molecule has 0 heterocycles. The van der Waals surface area contributed by atoms with Gasteiger partial charge in [-0.05, 0) is 68.4 Å². The third-order valence-corrected chi connectivity index (χ3v) is 5.66. The number of benzene rings is 2. The van der Waals surface area contributed by atoms with Crippen LogP contribution in [0.1, 0.15) is 70.5 Å². The molecule has 224 valence electrons. The van der Waals surface area contributed by atoms with Gasteiger partial charge >= 0.3 is 19.2 Å². The highest BCUT2D eigenvalue weighted by Gasteiger charge is 2.24. The first-order valence-electron chi connectivity index (χ1n) is 13.1. The molecule has 0 aliphatic rings. The van der Waals surface area contributed by atoms with Crippen molar-refractivity contribution in [1.29, 1.82) is 0 Å². The number of hydrogen-bond donors (Lipinski definition) is 4. The van der Waals surface area contributed by atoms with Crippen molar-refractivity contribution in [2.45, 2.75) is 71.4 Å². The summed E-state index contributed by atoms with van der Waals surface area (Å²) in [5.41, 5.74) is 0.616. The van der Waals surface area contributed by atoms with Crippen LogP contribution in [0, 0.1) is 0 Å². The number of amides is 2. The zero-order valence-corrected chi connectivity index (χ0v) is 23.8. The highest BCUT2D eigenvalue weighted by molar-refractivity contribution is 6.58. The normalized spacial score (nSPS) is 12.7. The maximum absolute atomic E-state index is 12.9. The molecule has 0 saturated carbocycles. The summed E-state index contributed by atoms with van der Waals surface area (Å²) >= 11 is 0. The molecule has 0 radical (unpaired) electrons. The largest absolute Gasteiger partial charge is 0.488 e. The molecule has 0 aliphatic carbocycles. The van der Waals surface area contributed by atoms with Crippen LogP contribution >= 0.6 is 0 Å². The molecule has 4 N–H and O–H groups in total. The van der Waals surface area contributed by atoms with Gasteiger partial charge < -0.3 is 34.9 Å². The van der Waals surface area contributed by atoms with Crippen LogP contribution < -0.4 is 20.8 Å². The molecule has 13 heteroatoms. The van der Waals surface area contributed by atoms with Gasteiger partial charge in [-0.2, -0.15) is 0 Å². The van der Waals surface area contributed by atoms with Gasteiger partial charge in [-0.1, -0.05) is 31.2 Å². The second kappa shape index (κ2) is 15.3. The zero-order chi connectivity index (χ0) is 30.7. The number of esters is 1. The van der Waals surface area contributed by atoms with E-state index in [1.54, 1.807) is 58.9 Å². The topological polar surface area (TPSA) is 143 Å². The molecule has 0 bridgehead atoms. The Labute approximate surface area is 238 Å². The maximum Gasteiger partial charge on any atom is 0.488 e. The monoisotopic (exact) mass is 578 g/mol. The first kappa shape index (κ1) is 33.5. The molecule has 2 aromatic carbocycles. The minimum Gasteiger partial charge on any atom is -0.487 e. The summed E-state index contributed by atoms with van der Waals surface area (Å²) in [4.78, 5) is 37.6. The van der Waals surface area contributed by atoms with Gasteiger partial charge in [-0.25, -0.2) is 13.6 Å². The molecule has 41 heavy (non-hydrogen) atoms. The lowest BCUT2D eigenvalue weighted by molar-refractivity contribution is -0.143. The summed E-state index contributed by atoms with van der Waals surface area (Å²) in [6, 6.07) is 9.83. The number of halogens is 2. The lowest BCUT2D eigenvalue weighted by atomic mass is 9.78. The van der Waals surface area contributed by atoms with Crippen molar-refractivity contribution in [1.82, 2.24) is 5.32 Å². The van der Waals surface area contributed by atoms with Crippen molar-refractivity contribution < 1.29 is 47.4 Å². The molecule has 2 amide bonds. The molecule has 1 unspecified atom stereocenters. The average Bonchev–Trinajstić information content (AvgIpc) is 2.86. The van der Waals surface area contributed by atoms with E-state index in [1.165, 1.54) is 18.2 Å². The van der Waals surface area contributed by atoms with Crippen molar-refractivity contribution in [3.05, 3.63) is 53.6 Å². The molecule has 2 atom stereocenters. The molecule has 2 aromatic rings. The molecule has 0 spiro atoms. The van der Waals surface area contributed by atoms with Crippen LogP contribution in [0.4, 0.5) is 19.3 Å². The predicted molar refractivity (Wildman–Crippen MR) is 149 cm³/mol. The first-order valence-corrected chi connectivity index (χ1v) is 13.1. The van der Waals surface area contributed by atoms with Crippen molar-refractivity contribution >= 4 is 36.2 Å². The Morgan fingerprint density at radius 1 is 1.05 bits per heavy atom. The first-order chi connectivity index (χ1) is 19.2. The molecule has 0 aromatic heterocycles. The summed E-state index contributed by atoms with van der Waals surface area (Å²) in [6.45, 7) is 7.78. The molecule has 0 saturated heterocycles. The number of carbonyl (C=O) groups excluding carboxylic acids is 3. The quantitative estimate of drug-likeness (QED) is 0.208. The molecular weight excluding hydrogens is 541 g/mol. The van der Waals surface area contributed by atoms with E-state index in [2.05, 4.69) is 10.6 Å². The third-order valence-electron chi connectivity index (χ3n) is 5.66. The number of anilines is 1. The Morgan fingerprint density at radius 3 is 2.37 bits per heavy atom. The second-order valence-electron chi connectivity index (χ2n) is 10.4. The molecule has 0 fully saturated rings. The van der Waals surface area contributed by atoms with Gasteiger partial charge in [-0.15, -0.1) is 0 Å². The van der Waals surface area contributed by atoms with E-state index in [-0.39, 0.29) is 30.7 Å². The minimum absolute atomic E-state index is 0.0946.